The summed E-state index contributed by atoms with van der Waals surface area (Å²) >= 11 is 0. The first kappa shape index (κ1) is 16.0. The van der Waals surface area contributed by atoms with E-state index in [-0.39, 0.29) is 0 Å². The molecule has 114 valence electrons. The Balaban J connectivity index is 2.16. The lowest BCUT2D eigenvalue weighted by Gasteiger charge is -2.31. The van der Waals surface area contributed by atoms with Crippen molar-refractivity contribution in [2.24, 2.45) is 5.92 Å². The lowest BCUT2D eigenvalue weighted by atomic mass is 9.77. The van der Waals surface area contributed by atoms with Crippen LogP contribution in [0, 0.1) is 24.2 Å². The van der Waals surface area contributed by atoms with Crippen molar-refractivity contribution in [1.82, 2.24) is 5.32 Å². The van der Waals surface area contributed by atoms with Gasteiger partial charge in [0.25, 0.3) is 0 Å². The molecule has 0 aromatic heterocycles. The fraction of sp³-hybridized carbons (Fsp3) is 0.632. The van der Waals surface area contributed by atoms with Crippen LogP contribution in [0.1, 0.15) is 68.1 Å². The average molecular weight is 284 g/mol. The molecule has 1 heterocycles. The van der Waals surface area contributed by atoms with E-state index in [1.165, 1.54) is 44.1 Å². The van der Waals surface area contributed by atoms with Crippen molar-refractivity contribution in [2.75, 3.05) is 13.1 Å². The maximum absolute atomic E-state index is 9.11. The Morgan fingerprint density at radius 2 is 2.05 bits per heavy atom. The summed E-state index contributed by atoms with van der Waals surface area (Å²) in [6.07, 6.45) is 7.81. The number of hydrogen-bond acceptors (Lipinski definition) is 2. The highest BCUT2D eigenvalue weighted by Gasteiger charge is 2.24. The third-order valence-corrected chi connectivity index (χ3v) is 4.87. The molecule has 0 saturated carbocycles. The van der Waals surface area contributed by atoms with Gasteiger partial charge in [0, 0.05) is 0 Å². The Bertz CT molecular complexity index is 481. The van der Waals surface area contributed by atoms with Gasteiger partial charge in [0.05, 0.1) is 11.6 Å². The van der Waals surface area contributed by atoms with E-state index in [2.05, 4.69) is 37.4 Å². The maximum atomic E-state index is 9.11. The Morgan fingerprint density at radius 1 is 1.29 bits per heavy atom. The van der Waals surface area contributed by atoms with E-state index in [4.69, 9.17) is 5.26 Å². The smallest absolute Gasteiger partial charge is 0.0994 e. The average Bonchev–Trinajstić information content (AvgIpc) is 2.52. The Morgan fingerprint density at radius 3 is 2.67 bits per heavy atom. The van der Waals surface area contributed by atoms with Crippen molar-refractivity contribution in [3.63, 3.8) is 0 Å². The van der Waals surface area contributed by atoms with Crippen LogP contribution in [-0.4, -0.2) is 13.1 Å². The van der Waals surface area contributed by atoms with Crippen molar-refractivity contribution in [3.05, 3.63) is 34.9 Å². The lowest BCUT2D eigenvalue weighted by Crippen LogP contribution is -2.31. The summed E-state index contributed by atoms with van der Waals surface area (Å²) in [5.74, 6) is 1.47. The molecule has 0 amide bonds. The van der Waals surface area contributed by atoms with E-state index in [9.17, 15) is 0 Å². The summed E-state index contributed by atoms with van der Waals surface area (Å²) in [7, 11) is 0. The highest BCUT2D eigenvalue weighted by Crippen LogP contribution is 2.36. The molecule has 2 heteroatoms. The summed E-state index contributed by atoms with van der Waals surface area (Å²) in [5, 5.41) is 12.6. The SMILES string of the molecule is CCCCCC(c1ccc(C#N)c(C)c1)C1CCNCC1. The van der Waals surface area contributed by atoms with Crippen molar-refractivity contribution < 1.29 is 0 Å². The first-order valence-corrected chi connectivity index (χ1v) is 8.47. The number of unbranched alkanes of at least 4 members (excludes halogenated alkanes) is 2. The molecule has 1 aromatic carbocycles. The Kier molecular flexibility index (Phi) is 6.26. The third-order valence-electron chi connectivity index (χ3n) is 4.87. The molecule has 0 spiro atoms. The van der Waals surface area contributed by atoms with Gasteiger partial charge in [0.15, 0.2) is 0 Å². The zero-order valence-corrected chi connectivity index (χ0v) is 13.5. The molecular weight excluding hydrogens is 256 g/mol. The summed E-state index contributed by atoms with van der Waals surface area (Å²) in [4.78, 5) is 0. The van der Waals surface area contributed by atoms with E-state index in [0.717, 1.165) is 30.1 Å². The van der Waals surface area contributed by atoms with Crippen LogP contribution in [0.3, 0.4) is 0 Å². The number of nitrogens with zero attached hydrogens (tertiary/aromatic N) is 1. The Labute approximate surface area is 129 Å². The second kappa shape index (κ2) is 8.20. The first-order chi connectivity index (χ1) is 10.3. The summed E-state index contributed by atoms with van der Waals surface area (Å²) in [5.41, 5.74) is 3.40. The van der Waals surface area contributed by atoms with Crippen molar-refractivity contribution in [3.8, 4) is 6.07 Å². The van der Waals surface area contributed by atoms with Gasteiger partial charge < -0.3 is 5.32 Å². The van der Waals surface area contributed by atoms with Gasteiger partial charge >= 0.3 is 0 Å². The zero-order chi connectivity index (χ0) is 15.1. The summed E-state index contributed by atoms with van der Waals surface area (Å²) < 4.78 is 0. The minimum atomic E-state index is 0.671. The minimum Gasteiger partial charge on any atom is -0.317 e. The van der Waals surface area contributed by atoms with Crippen LogP contribution in [-0.2, 0) is 0 Å². The quantitative estimate of drug-likeness (QED) is 0.779. The molecule has 1 atom stereocenters. The molecule has 1 unspecified atom stereocenters. The number of aryl methyl sites for hydroxylation is 1. The van der Waals surface area contributed by atoms with Gasteiger partial charge in [-0.15, -0.1) is 0 Å². The molecule has 21 heavy (non-hydrogen) atoms. The summed E-state index contributed by atoms with van der Waals surface area (Å²) in [6.45, 7) is 6.65. The standard InChI is InChI=1S/C19H28N2/c1-3-4-5-6-19(16-9-11-21-12-10-16)17-7-8-18(14-20)15(2)13-17/h7-8,13,16,19,21H,3-6,9-12H2,1-2H3. The highest BCUT2D eigenvalue weighted by molar-refractivity contribution is 5.40. The molecular formula is C19H28N2. The Hall–Kier alpha value is -1.33. The maximum Gasteiger partial charge on any atom is 0.0994 e. The predicted octanol–water partition coefficient (Wildman–Crippen LogP) is 4.53. The number of nitriles is 1. The van der Waals surface area contributed by atoms with E-state index >= 15 is 0 Å². The van der Waals surface area contributed by atoms with Crippen molar-refractivity contribution in [1.29, 1.82) is 5.26 Å². The molecule has 2 rings (SSSR count). The van der Waals surface area contributed by atoms with Gasteiger partial charge in [-0.1, -0.05) is 38.3 Å². The largest absolute Gasteiger partial charge is 0.317 e. The van der Waals surface area contributed by atoms with Gasteiger partial charge in [-0.3, -0.25) is 0 Å². The molecule has 1 aromatic rings. The molecule has 1 saturated heterocycles. The van der Waals surface area contributed by atoms with E-state index < -0.39 is 0 Å². The van der Waals surface area contributed by atoms with Crippen LogP contribution >= 0.6 is 0 Å². The molecule has 1 aliphatic heterocycles. The van der Waals surface area contributed by atoms with Gasteiger partial charge in [-0.25, -0.2) is 0 Å². The molecule has 1 aliphatic rings. The number of piperidine rings is 1. The van der Waals surface area contributed by atoms with E-state index in [1.807, 2.05) is 6.07 Å². The zero-order valence-electron chi connectivity index (χ0n) is 13.5. The van der Waals surface area contributed by atoms with Crippen LogP contribution in [0.2, 0.25) is 0 Å². The highest BCUT2D eigenvalue weighted by atomic mass is 14.9. The predicted molar refractivity (Wildman–Crippen MR) is 88.4 cm³/mol. The summed E-state index contributed by atoms with van der Waals surface area (Å²) in [6, 6.07) is 8.76. The monoisotopic (exact) mass is 284 g/mol. The van der Waals surface area contributed by atoms with Crippen molar-refractivity contribution in [2.45, 2.75) is 58.3 Å². The van der Waals surface area contributed by atoms with Crippen LogP contribution in [0.5, 0.6) is 0 Å². The fourth-order valence-corrected chi connectivity index (χ4v) is 3.58. The number of rotatable bonds is 6. The lowest BCUT2D eigenvalue weighted by molar-refractivity contribution is 0.302. The van der Waals surface area contributed by atoms with Crippen LogP contribution in [0.25, 0.3) is 0 Å². The molecule has 1 fully saturated rings. The van der Waals surface area contributed by atoms with E-state index in [1.54, 1.807) is 0 Å². The van der Waals surface area contributed by atoms with E-state index in [0.29, 0.717) is 5.92 Å². The van der Waals surface area contributed by atoms with Gasteiger partial charge in [-0.05, 0) is 68.3 Å². The second-order valence-corrected chi connectivity index (χ2v) is 6.38. The topological polar surface area (TPSA) is 35.8 Å². The van der Waals surface area contributed by atoms with Gasteiger partial charge in [-0.2, -0.15) is 5.26 Å². The van der Waals surface area contributed by atoms with Crippen LogP contribution in [0.15, 0.2) is 18.2 Å². The van der Waals surface area contributed by atoms with Crippen LogP contribution in [0.4, 0.5) is 0 Å². The molecule has 0 aliphatic carbocycles. The van der Waals surface area contributed by atoms with Crippen LogP contribution < -0.4 is 5.32 Å². The molecule has 0 bridgehead atoms. The molecule has 2 nitrogen and oxygen atoms in total. The minimum absolute atomic E-state index is 0.671. The number of benzene rings is 1. The number of nitrogens with one attached hydrogen (secondary N) is 1. The van der Waals surface area contributed by atoms with Crippen molar-refractivity contribution >= 4 is 0 Å². The normalized spacial score (nSPS) is 17.4. The molecule has 1 N–H and O–H groups in total. The third kappa shape index (κ3) is 4.32. The molecule has 0 radical (unpaired) electrons. The number of hydrogen-bond donors (Lipinski definition) is 1. The first-order valence-electron chi connectivity index (χ1n) is 8.47. The second-order valence-electron chi connectivity index (χ2n) is 6.38. The van der Waals surface area contributed by atoms with Gasteiger partial charge in [0.2, 0.25) is 0 Å². The fourth-order valence-electron chi connectivity index (χ4n) is 3.58. The van der Waals surface area contributed by atoms with Gasteiger partial charge in [0.1, 0.15) is 0 Å².